The van der Waals surface area contributed by atoms with E-state index in [-0.39, 0.29) is 24.1 Å². The molecule has 1 saturated heterocycles. The third kappa shape index (κ3) is 3.81. The first-order valence-electron chi connectivity index (χ1n) is 8.20. The highest BCUT2D eigenvalue weighted by molar-refractivity contribution is 6.02. The molecule has 2 aromatic rings. The average Bonchev–Trinajstić information content (AvgIpc) is 3.27. The zero-order valence-electron chi connectivity index (χ0n) is 14.7. The molecule has 1 aliphatic heterocycles. The van der Waals surface area contributed by atoms with Crippen molar-refractivity contribution in [2.75, 3.05) is 25.0 Å². The van der Waals surface area contributed by atoms with Crippen LogP contribution in [0, 0.1) is 6.92 Å². The summed E-state index contributed by atoms with van der Waals surface area (Å²) in [6.45, 7) is 3.36. The van der Waals surface area contributed by atoms with Crippen LogP contribution in [0.2, 0.25) is 0 Å². The zero-order valence-corrected chi connectivity index (χ0v) is 14.7. The van der Waals surface area contributed by atoms with Gasteiger partial charge in [-0.15, -0.1) is 0 Å². The summed E-state index contributed by atoms with van der Waals surface area (Å²) in [4.78, 5) is 26.1. The number of hydrogen-bond acceptors (Lipinski definition) is 5. The lowest BCUT2D eigenvalue weighted by Gasteiger charge is -2.15. The first kappa shape index (κ1) is 17.0. The Hall–Kier alpha value is -2.84. The van der Waals surface area contributed by atoms with E-state index < -0.39 is 0 Å². The molecular formula is C16H22N6O3. The van der Waals surface area contributed by atoms with Crippen LogP contribution in [0.25, 0.3) is 0 Å². The summed E-state index contributed by atoms with van der Waals surface area (Å²) in [6, 6.07) is 3.29. The second kappa shape index (κ2) is 6.96. The Morgan fingerprint density at radius 1 is 1.16 bits per heavy atom. The van der Waals surface area contributed by atoms with E-state index in [1.807, 2.05) is 6.92 Å². The first-order valence-corrected chi connectivity index (χ1v) is 8.20. The number of ether oxygens (including phenoxy) is 1. The molecular weight excluding hydrogens is 324 g/mol. The number of anilines is 1. The molecule has 0 saturated carbocycles. The Morgan fingerprint density at radius 3 is 2.52 bits per heavy atom. The molecule has 1 aliphatic rings. The van der Waals surface area contributed by atoms with Gasteiger partial charge in [0.15, 0.2) is 12.3 Å². The lowest BCUT2D eigenvalue weighted by atomic mass is 10.4. The first-order chi connectivity index (χ1) is 11.9. The molecule has 9 heteroatoms. The maximum absolute atomic E-state index is 12.3. The number of rotatable bonds is 5. The fraction of sp³-hybridized carbons (Fsp3) is 0.500. The molecule has 0 aliphatic carbocycles. The standard InChI is InChI=1S/C16H22N6O3/c1-11-8-13(20(2)18-11)17-16(24)12-9-15(21(3)19-12)25-10-14(23)22-6-4-5-7-22/h8-9H,4-7,10H2,1-3H3,(H,17,24). The molecule has 0 bridgehead atoms. The van der Waals surface area contributed by atoms with Crippen molar-refractivity contribution < 1.29 is 14.3 Å². The van der Waals surface area contributed by atoms with Crippen LogP contribution >= 0.6 is 0 Å². The summed E-state index contributed by atoms with van der Waals surface area (Å²) in [7, 11) is 3.42. The van der Waals surface area contributed by atoms with Gasteiger partial charge in [0.25, 0.3) is 11.8 Å². The molecule has 25 heavy (non-hydrogen) atoms. The van der Waals surface area contributed by atoms with Crippen molar-refractivity contribution in [2.24, 2.45) is 14.1 Å². The van der Waals surface area contributed by atoms with Gasteiger partial charge in [-0.25, -0.2) is 4.68 Å². The van der Waals surface area contributed by atoms with Crippen LogP contribution in [0.1, 0.15) is 29.0 Å². The van der Waals surface area contributed by atoms with E-state index >= 15 is 0 Å². The van der Waals surface area contributed by atoms with Gasteiger partial charge in [0, 0.05) is 39.3 Å². The van der Waals surface area contributed by atoms with Gasteiger partial charge in [-0.1, -0.05) is 0 Å². The van der Waals surface area contributed by atoms with Crippen LogP contribution < -0.4 is 10.1 Å². The van der Waals surface area contributed by atoms with Gasteiger partial charge >= 0.3 is 0 Å². The third-order valence-corrected chi connectivity index (χ3v) is 4.12. The molecule has 3 heterocycles. The molecule has 3 rings (SSSR count). The van der Waals surface area contributed by atoms with E-state index in [4.69, 9.17) is 4.74 Å². The molecule has 2 aromatic heterocycles. The lowest BCUT2D eigenvalue weighted by Crippen LogP contribution is -2.32. The molecule has 134 valence electrons. The summed E-state index contributed by atoms with van der Waals surface area (Å²) >= 11 is 0. The number of carbonyl (C=O) groups is 2. The van der Waals surface area contributed by atoms with Crippen LogP contribution in [0.5, 0.6) is 5.88 Å². The Balaban J connectivity index is 1.62. The highest BCUT2D eigenvalue weighted by Crippen LogP contribution is 2.15. The predicted octanol–water partition coefficient (Wildman–Crippen LogP) is 0.716. The van der Waals surface area contributed by atoms with Gasteiger partial charge in [-0.2, -0.15) is 10.2 Å². The molecule has 0 aromatic carbocycles. The Labute approximate surface area is 145 Å². The van der Waals surface area contributed by atoms with Crippen molar-refractivity contribution >= 4 is 17.6 Å². The number of likely N-dealkylation sites (tertiary alicyclic amines) is 1. The molecule has 9 nitrogen and oxygen atoms in total. The number of nitrogens with zero attached hydrogens (tertiary/aromatic N) is 5. The van der Waals surface area contributed by atoms with Gasteiger partial charge in [0.1, 0.15) is 5.82 Å². The second-order valence-electron chi connectivity index (χ2n) is 6.12. The van der Waals surface area contributed by atoms with Crippen molar-refractivity contribution in [1.82, 2.24) is 24.5 Å². The van der Waals surface area contributed by atoms with E-state index in [1.165, 1.54) is 10.7 Å². The predicted molar refractivity (Wildman–Crippen MR) is 90.4 cm³/mol. The molecule has 0 unspecified atom stereocenters. The van der Waals surface area contributed by atoms with Crippen molar-refractivity contribution in [3.05, 3.63) is 23.5 Å². The van der Waals surface area contributed by atoms with E-state index in [1.54, 1.807) is 29.7 Å². The van der Waals surface area contributed by atoms with Crippen LogP contribution in [0.15, 0.2) is 12.1 Å². The Kier molecular flexibility index (Phi) is 4.73. The van der Waals surface area contributed by atoms with E-state index in [0.29, 0.717) is 11.7 Å². The fourth-order valence-corrected chi connectivity index (χ4v) is 2.80. The summed E-state index contributed by atoms with van der Waals surface area (Å²) in [6.07, 6.45) is 2.07. The molecule has 1 fully saturated rings. The van der Waals surface area contributed by atoms with Crippen molar-refractivity contribution in [3.8, 4) is 5.88 Å². The molecule has 0 radical (unpaired) electrons. The number of amides is 2. The second-order valence-corrected chi connectivity index (χ2v) is 6.12. The van der Waals surface area contributed by atoms with Gasteiger partial charge in [0.2, 0.25) is 5.88 Å². The normalized spacial score (nSPS) is 14.0. The van der Waals surface area contributed by atoms with Crippen LogP contribution in [-0.4, -0.2) is 56.0 Å². The summed E-state index contributed by atoms with van der Waals surface area (Å²) < 4.78 is 8.56. The number of aromatic nitrogens is 4. The van der Waals surface area contributed by atoms with Crippen molar-refractivity contribution in [2.45, 2.75) is 19.8 Å². The van der Waals surface area contributed by atoms with Gasteiger partial charge in [-0.05, 0) is 19.8 Å². The molecule has 0 spiro atoms. The molecule has 2 amide bonds. The number of carbonyl (C=O) groups excluding carboxylic acids is 2. The van der Waals surface area contributed by atoms with E-state index in [2.05, 4.69) is 15.5 Å². The SMILES string of the molecule is Cc1cc(NC(=O)c2cc(OCC(=O)N3CCCC3)n(C)n2)n(C)n1. The van der Waals surface area contributed by atoms with Crippen LogP contribution in [0.4, 0.5) is 5.82 Å². The minimum Gasteiger partial charge on any atom is -0.468 e. The van der Waals surface area contributed by atoms with Gasteiger partial charge in [-0.3, -0.25) is 14.3 Å². The zero-order chi connectivity index (χ0) is 18.0. The third-order valence-electron chi connectivity index (χ3n) is 4.12. The molecule has 0 atom stereocenters. The van der Waals surface area contributed by atoms with E-state index in [9.17, 15) is 9.59 Å². The maximum Gasteiger partial charge on any atom is 0.277 e. The fourth-order valence-electron chi connectivity index (χ4n) is 2.80. The monoisotopic (exact) mass is 346 g/mol. The van der Waals surface area contributed by atoms with Gasteiger partial charge in [0.05, 0.1) is 5.69 Å². The topological polar surface area (TPSA) is 94.3 Å². The maximum atomic E-state index is 12.3. The number of aryl methyl sites for hydroxylation is 3. The highest BCUT2D eigenvalue weighted by atomic mass is 16.5. The molecule has 1 N–H and O–H groups in total. The minimum atomic E-state index is -0.362. The average molecular weight is 346 g/mol. The quantitative estimate of drug-likeness (QED) is 0.861. The Bertz CT molecular complexity index is 788. The number of hydrogen-bond donors (Lipinski definition) is 1. The summed E-state index contributed by atoms with van der Waals surface area (Å²) in [5, 5.41) is 11.1. The number of nitrogens with one attached hydrogen (secondary N) is 1. The Morgan fingerprint density at radius 2 is 1.88 bits per heavy atom. The van der Waals surface area contributed by atoms with Crippen molar-refractivity contribution in [3.63, 3.8) is 0 Å². The smallest absolute Gasteiger partial charge is 0.277 e. The summed E-state index contributed by atoms with van der Waals surface area (Å²) in [5.74, 6) is 0.549. The lowest BCUT2D eigenvalue weighted by molar-refractivity contribution is -0.132. The van der Waals surface area contributed by atoms with Gasteiger partial charge < -0.3 is 15.0 Å². The van der Waals surface area contributed by atoms with Crippen LogP contribution in [-0.2, 0) is 18.9 Å². The van der Waals surface area contributed by atoms with Crippen molar-refractivity contribution in [1.29, 1.82) is 0 Å². The highest BCUT2D eigenvalue weighted by Gasteiger charge is 2.20. The largest absolute Gasteiger partial charge is 0.468 e. The minimum absolute atomic E-state index is 0.0462. The van der Waals surface area contributed by atoms with E-state index in [0.717, 1.165) is 31.6 Å². The van der Waals surface area contributed by atoms with Crippen LogP contribution in [0.3, 0.4) is 0 Å². The summed E-state index contributed by atoms with van der Waals surface area (Å²) in [5.41, 5.74) is 1.02.